The second-order valence-corrected chi connectivity index (χ2v) is 12.2. The Morgan fingerprint density at radius 2 is 2.00 bits per heavy atom. The van der Waals surface area contributed by atoms with Gasteiger partial charge in [0.1, 0.15) is 8.24 Å². The summed E-state index contributed by atoms with van der Waals surface area (Å²) in [7, 11) is -0.0590. The van der Waals surface area contributed by atoms with Gasteiger partial charge < -0.3 is 8.66 Å². The van der Waals surface area contributed by atoms with Crippen LogP contribution in [0.15, 0.2) is 0 Å². The Hall–Kier alpha value is 0.354. The summed E-state index contributed by atoms with van der Waals surface area (Å²) in [5.41, 5.74) is 0. The summed E-state index contributed by atoms with van der Waals surface area (Å²) in [5, 5.41) is 0. The van der Waals surface area contributed by atoms with E-state index in [0.717, 1.165) is 0 Å². The minimum Gasteiger partial charge on any atom is -0.409 e. The molecule has 0 saturated carbocycles. The van der Waals surface area contributed by atoms with Gasteiger partial charge in [-0.1, -0.05) is 19.6 Å². The van der Waals surface area contributed by atoms with Crippen molar-refractivity contribution < 1.29 is 4.43 Å². The molecule has 0 amide bonds. The van der Waals surface area contributed by atoms with Gasteiger partial charge >= 0.3 is 0 Å². The van der Waals surface area contributed by atoms with Gasteiger partial charge in [-0.15, -0.1) is 0 Å². The van der Waals surface area contributed by atoms with Crippen LogP contribution in [-0.4, -0.2) is 35.3 Å². The first kappa shape index (κ1) is 9.44. The maximum absolute atomic E-state index is 5.55. The lowest BCUT2D eigenvalue weighted by molar-refractivity contribution is 0.388. The molecule has 11 heavy (non-hydrogen) atoms. The highest BCUT2D eigenvalue weighted by Crippen LogP contribution is 2.22. The number of nitrogens with zero attached hydrogens (tertiary/aromatic N) is 1. The van der Waals surface area contributed by atoms with Crippen LogP contribution in [0.2, 0.25) is 25.7 Å². The maximum atomic E-state index is 5.55. The van der Waals surface area contributed by atoms with Gasteiger partial charge in [0, 0.05) is 7.11 Å². The Morgan fingerprint density at radius 1 is 1.36 bits per heavy atom. The molecule has 1 unspecified atom stereocenters. The quantitative estimate of drug-likeness (QED) is 0.609. The summed E-state index contributed by atoms with van der Waals surface area (Å²) in [6.07, 6.45) is 1.37. The van der Waals surface area contributed by atoms with E-state index in [1.54, 1.807) is 0 Å². The highest BCUT2D eigenvalue weighted by molar-refractivity contribution is 6.81. The van der Waals surface area contributed by atoms with Crippen LogP contribution < -0.4 is 0 Å². The monoisotopic (exact) mass is 189 g/mol. The van der Waals surface area contributed by atoms with E-state index >= 15 is 0 Å². The van der Waals surface area contributed by atoms with Crippen molar-refractivity contribution in [2.75, 3.05) is 13.7 Å². The minimum absolute atomic E-state index is 0.905. The molecular formula is C7H19NOSi2. The van der Waals surface area contributed by atoms with E-state index in [9.17, 15) is 0 Å². The van der Waals surface area contributed by atoms with E-state index in [2.05, 4.69) is 23.9 Å². The Balaban J connectivity index is 2.57. The van der Waals surface area contributed by atoms with Gasteiger partial charge in [0.15, 0.2) is 0 Å². The second kappa shape index (κ2) is 3.39. The largest absolute Gasteiger partial charge is 0.409 e. The van der Waals surface area contributed by atoms with Gasteiger partial charge in [0.25, 0.3) is 0 Å². The van der Waals surface area contributed by atoms with Crippen molar-refractivity contribution in [1.82, 2.24) is 4.23 Å². The average Bonchev–Trinajstić information content (AvgIpc) is 2.31. The fourth-order valence-electron chi connectivity index (χ4n) is 1.75. The molecule has 4 heteroatoms. The summed E-state index contributed by atoms with van der Waals surface area (Å²) >= 11 is 0. The molecule has 0 bridgehead atoms. The molecule has 66 valence electrons. The lowest BCUT2D eigenvalue weighted by Gasteiger charge is -2.33. The Morgan fingerprint density at radius 3 is 2.36 bits per heavy atom. The van der Waals surface area contributed by atoms with Crippen molar-refractivity contribution in [3.8, 4) is 0 Å². The zero-order valence-electron chi connectivity index (χ0n) is 8.05. The smallest absolute Gasteiger partial charge is 0.248 e. The van der Waals surface area contributed by atoms with Crippen LogP contribution in [-0.2, 0) is 4.43 Å². The first-order valence-electron chi connectivity index (χ1n) is 4.35. The van der Waals surface area contributed by atoms with E-state index in [0.29, 0.717) is 0 Å². The van der Waals surface area contributed by atoms with Gasteiger partial charge in [-0.3, -0.25) is 0 Å². The van der Waals surface area contributed by atoms with E-state index in [1.807, 2.05) is 7.11 Å². The molecule has 1 atom stereocenters. The lowest BCUT2D eigenvalue weighted by Crippen LogP contribution is -2.51. The number of rotatable bonds is 2. The van der Waals surface area contributed by atoms with Crippen molar-refractivity contribution in [1.29, 1.82) is 0 Å². The molecule has 0 radical (unpaired) electrons. The molecule has 0 aliphatic carbocycles. The Labute approximate surface area is 72.4 Å². The molecule has 1 aliphatic rings. The Bertz CT molecular complexity index is 135. The molecule has 1 heterocycles. The van der Waals surface area contributed by atoms with Gasteiger partial charge in [0.05, 0.1) is 0 Å². The van der Waals surface area contributed by atoms with Gasteiger partial charge in [-0.05, 0) is 19.0 Å². The molecule has 1 fully saturated rings. The first-order chi connectivity index (χ1) is 5.05. The number of hydrogen-bond donors (Lipinski definition) is 0. The zero-order valence-corrected chi connectivity index (χ0v) is 10.2. The molecule has 2 nitrogen and oxygen atoms in total. The molecule has 0 aromatic carbocycles. The van der Waals surface area contributed by atoms with Crippen LogP contribution in [0, 0.1) is 0 Å². The van der Waals surface area contributed by atoms with Crippen LogP contribution >= 0.6 is 0 Å². The molecule has 1 saturated heterocycles. The molecule has 1 aliphatic heterocycles. The van der Waals surface area contributed by atoms with Gasteiger partial charge in [-0.2, -0.15) is 0 Å². The van der Waals surface area contributed by atoms with Crippen LogP contribution in [0.1, 0.15) is 6.42 Å². The lowest BCUT2D eigenvalue weighted by atomic mass is 10.5. The number of hydrogen-bond acceptors (Lipinski definition) is 2. The van der Waals surface area contributed by atoms with Crippen molar-refractivity contribution in [3.63, 3.8) is 0 Å². The molecule has 0 N–H and O–H groups in total. The molecule has 0 aromatic heterocycles. The summed E-state index contributed by atoms with van der Waals surface area (Å²) in [4.78, 5) is 0. The van der Waals surface area contributed by atoms with Crippen LogP contribution in [0.4, 0.5) is 0 Å². The highest BCUT2D eigenvalue weighted by Gasteiger charge is 2.35. The maximum Gasteiger partial charge on any atom is 0.248 e. The van der Waals surface area contributed by atoms with Crippen LogP contribution in [0.5, 0.6) is 0 Å². The zero-order chi connectivity index (χ0) is 8.48. The Kier molecular flexibility index (Phi) is 2.91. The predicted molar refractivity (Wildman–Crippen MR) is 53.6 cm³/mol. The van der Waals surface area contributed by atoms with Crippen molar-refractivity contribution in [2.45, 2.75) is 32.1 Å². The molecule has 0 aromatic rings. The van der Waals surface area contributed by atoms with Crippen LogP contribution in [0.25, 0.3) is 0 Å². The van der Waals surface area contributed by atoms with Gasteiger partial charge in [0.2, 0.25) is 9.20 Å². The normalized spacial score (nSPS) is 27.8. The van der Waals surface area contributed by atoms with Crippen molar-refractivity contribution in [3.05, 3.63) is 0 Å². The highest BCUT2D eigenvalue weighted by atomic mass is 28.4. The van der Waals surface area contributed by atoms with Crippen molar-refractivity contribution in [2.24, 2.45) is 0 Å². The summed E-state index contributed by atoms with van der Waals surface area (Å²) in [6, 6.07) is 1.36. The van der Waals surface area contributed by atoms with E-state index < -0.39 is 17.4 Å². The van der Waals surface area contributed by atoms with E-state index in [4.69, 9.17) is 4.43 Å². The standard InChI is InChI=1S/C7H19NOSi2/c1-9-10-7-5-6-8(10)11(2,3)4/h10H,5-7H2,1-4H3. The summed E-state index contributed by atoms with van der Waals surface area (Å²) in [6.45, 7) is 8.55. The minimum atomic E-state index is -1.04. The van der Waals surface area contributed by atoms with E-state index in [-0.39, 0.29) is 0 Å². The van der Waals surface area contributed by atoms with Gasteiger partial charge in [-0.25, -0.2) is 0 Å². The summed E-state index contributed by atoms with van der Waals surface area (Å²) < 4.78 is 8.25. The van der Waals surface area contributed by atoms with Crippen LogP contribution in [0.3, 0.4) is 0 Å². The molecule has 0 spiro atoms. The first-order valence-corrected chi connectivity index (χ1v) is 9.60. The fraction of sp³-hybridized carbons (Fsp3) is 1.00. The topological polar surface area (TPSA) is 12.5 Å². The summed E-state index contributed by atoms with van der Waals surface area (Å²) in [5.74, 6) is 0. The second-order valence-electron chi connectivity index (χ2n) is 4.20. The van der Waals surface area contributed by atoms with E-state index in [1.165, 1.54) is 19.0 Å². The van der Waals surface area contributed by atoms with Crippen molar-refractivity contribution >= 4 is 17.4 Å². The SMILES string of the molecule is CO[SiH]1CCCN1[Si](C)(C)C. The average molecular weight is 189 g/mol. The fourth-order valence-corrected chi connectivity index (χ4v) is 8.54. The predicted octanol–water partition coefficient (Wildman–Crippen LogP) is 1.39. The molecule has 1 rings (SSSR count). The third-order valence-corrected chi connectivity index (χ3v) is 9.87. The molecular weight excluding hydrogens is 170 g/mol. The third-order valence-electron chi connectivity index (χ3n) is 2.33. The third kappa shape index (κ3) is 2.14.